The standard InChI is InChI=1S/2C9H19N.2BrH/c2*1-2-3-7-10-8-5-4-6-9-10;;/h2*2-9H2,1H3;2*1H. The number of hydrogen-bond acceptors (Lipinski definition) is 0. The molecular formula is C18H40Br2N2. The van der Waals surface area contributed by atoms with Gasteiger partial charge in [-0.15, -0.1) is 0 Å². The van der Waals surface area contributed by atoms with Crippen LogP contribution in [-0.4, -0.2) is 39.3 Å². The van der Waals surface area contributed by atoms with Crippen molar-refractivity contribution in [2.75, 3.05) is 39.3 Å². The highest BCUT2D eigenvalue weighted by Crippen LogP contribution is 1.95. The molecule has 2 N–H and O–H groups in total. The van der Waals surface area contributed by atoms with Crippen LogP contribution in [0.5, 0.6) is 0 Å². The summed E-state index contributed by atoms with van der Waals surface area (Å²) in [4.78, 5) is 3.71. The highest BCUT2D eigenvalue weighted by Gasteiger charge is 2.12. The normalized spacial score (nSPS) is 19.4. The molecule has 2 saturated heterocycles. The van der Waals surface area contributed by atoms with E-state index < -0.39 is 0 Å². The molecule has 0 unspecified atom stereocenters. The summed E-state index contributed by atoms with van der Waals surface area (Å²) < 4.78 is 0. The highest BCUT2D eigenvalue weighted by atomic mass is 79.9. The zero-order valence-electron chi connectivity index (χ0n) is 15.1. The Morgan fingerprint density at radius 1 is 0.545 bits per heavy atom. The van der Waals surface area contributed by atoms with E-state index in [0.29, 0.717) is 0 Å². The lowest BCUT2D eigenvalue weighted by Gasteiger charge is -2.22. The van der Waals surface area contributed by atoms with Gasteiger partial charge in [0.2, 0.25) is 0 Å². The number of likely N-dealkylation sites (tertiary alicyclic amines) is 2. The molecular weight excluding hydrogens is 404 g/mol. The van der Waals surface area contributed by atoms with E-state index in [1.165, 1.54) is 103 Å². The molecule has 2 nitrogen and oxygen atoms in total. The highest BCUT2D eigenvalue weighted by molar-refractivity contribution is 4.46. The first kappa shape index (κ1) is 25.1. The first-order valence-electron chi connectivity index (χ1n) is 9.54. The van der Waals surface area contributed by atoms with Crippen LogP contribution >= 0.6 is 0 Å². The van der Waals surface area contributed by atoms with Crippen LogP contribution in [0, 0.1) is 0 Å². The van der Waals surface area contributed by atoms with E-state index in [4.69, 9.17) is 0 Å². The average molecular weight is 444 g/mol. The number of hydrogen-bond donors (Lipinski definition) is 2. The third-order valence-corrected chi connectivity index (χ3v) is 4.89. The lowest BCUT2D eigenvalue weighted by molar-refractivity contribution is -0.905. The van der Waals surface area contributed by atoms with E-state index in [-0.39, 0.29) is 34.0 Å². The Labute approximate surface area is 160 Å². The van der Waals surface area contributed by atoms with Gasteiger partial charge in [0.05, 0.1) is 39.3 Å². The summed E-state index contributed by atoms with van der Waals surface area (Å²) in [6.07, 6.45) is 14.4. The van der Waals surface area contributed by atoms with Gasteiger partial charge in [-0.1, -0.05) is 26.7 Å². The molecule has 0 amide bonds. The van der Waals surface area contributed by atoms with Gasteiger partial charge in [-0.05, 0) is 51.4 Å². The molecule has 0 radical (unpaired) electrons. The van der Waals surface area contributed by atoms with Crippen molar-refractivity contribution in [1.29, 1.82) is 0 Å². The fraction of sp³-hybridized carbons (Fsp3) is 1.00. The van der Waals surface area contributed by atoms with Crippen LogP contribution < -0.4 is 43.8 Å². The van der Waals surface area contributed by atoms with Gasteiger partial charge < -0.3 is 43.8 Å². The van der Waals surface area contributed by atoms with Gasteiger partial charge in [0.15, 0.2) is 0 Å². The Bertz CT molecular complexity index is 181. The zero-order valence-corrected chi connectivity index (χ0v) is 18.2. The van der Waals surface area contributed by atoms with E-state index in [2.05, 4.69) is 13.8 Å². The van der Waals surface area contributed by atoms with Crippen molar-refractivity contribution in [2.24, 2.45) is 0 Å². The van der Waals surface area contributed by atoms with Crippen molar-refractivity contribution in [2.45, 2.75) is 78.1 Å². The molecule has 136 valence electrons. The van der Waals surface area contributed by atoms with Crippen LogP contribution in [-0.2, 0) is 0 Å². The third kappa shape index (κ3) is 13.3. The first-order chi connectivity index (χ1) is 9.86. The van der Waals surface area contributed by atoms with Gasteiger partial charge in [-0.3, -0.25) is 0 Å². The topological polar surface area (TPSA) is 8.88 Å². The minimum absolute atomic E-state index is 0. The van der Waals surface area contributed by atoms with Crippen LogP contribution in [0.25, 0.3) is 0 Å². The quantitative estimate of drug-likeness (QED) is 0.411. The van der Waals surface area contributed by atoms with Crippen LogP contribution in [0.4, 0.5) is 0 Å². The summed E-state index contributed by atoms with van der Waals surface area (Å²) in [5.74, 6) is 0. The second kappa shape index (κ2) is 18.2. The minimum atomic E-state index is 0. The van der Waals surface area contributed by atoms with Gasteiger partial charge in [-0.25, -0.2) is 0 Å². The summed E-state index contributed by atoms with van der Waals surface area (Å²) in [6, 6.07) is 0. The molecule has 0 aromatic rings. The summed E-state index contributed by atoms with van der Waals surface area (Å²) in [5, 5.41) is 0. The molecule has 0 saturated carbocycles. The Morgan fingerprint density at radius 3 is 1.14 bits per heavy atom. The molecule has 0 aromatic carbocycles. The maximum Gasteiger partial charge on any atom is 0.0770 e. The van der Waals surface area contributed by atoms with Crippen molar-refractivity contribution in [3.05, 3.63) is 0 Å². The van der Waals surface area contributed by atoms with Crippen molar-refractivity contribution in [3.8, 4) is 0 Å². The predicted octanol–water partition coefficient (Wildman–Crippen LogP) is -4.28. The largest absolute Gasteiger partial charge is 1.00 e. The fourth-order valence-electron chi connectivity index (χ4n) is 3.46. The monoisotopic (exact) mass is 442 g/mol. The van der Waals surface area contributed by atoms with Crippen LogP contribution in [0.15, 0.2) is 0 Å². The molecule has 4 heteroatoms. The Balaban J connectivity index is 0. The van der Waals surface area contributed by atoms with Gasteiger partial charge in [0.25, 0.3) is 0 Å². The second-order valence-corrected chi connectivity index (χ2v) is 6.83. The van der Waals surface area contributed by atoms with Gasteiger partial charge in [0.1, 0.15) is 0 Å². The lowest BCUT2D eigenvalue weighted by Crippen LogP contribution is -3.12. The summed E-state index contributed by atoms with van der Waals surface area (Å²) in [6.45, 7) is 13.2. The number of halogens is 2. The van der Waals surface area contributed by atoms with Crippen molar-refractivity contribution < 1.29 is 43.8 Å². The van der Waals surface area contributed by atoms with Gasteiger partial charge in [0, 0.05) is 0 Å². The van der Waals surface area contributed by atoms with Crippen LogP contribution in [0.1, 0.15) is 78.1 Å². The third-order valence-electron chi connectivity index (χ3n) is 4.89. The van der Waals surface area contributed by atoms with Crippen molar-refractivity contribution in [1.82, 2.24) is 0 Å². The lowest BCUT2D eigenvalue weighted by atomic mass is 10.1. The number of unbranched alkanes of at least 4 members (excludes halogenated alkanes) is 2. The molecule has 0 aromatic heterocycles. The van der Waals surface area contributed by atoms with E-state index in [0.717, 1.165) is 0 Å². The van der Waals surface area contributed by atoms with Crippen LogP contribution in [0.2, 0.25) is 0 Å². The Morgan fingerprint density at radius 2 is 0.864 bits per heavy atom. The molecule has 2 aliphatic heterocycles. The maximum atomic E-state index is 2.28. The van der Waals surface area contributed by atoms with E-state index in [1.54, 1.807) is 0 Å². The molecule has 2 rings (SSSR count). The number of rotatable bonds is 6. The Kier molecular flexibility index (Phi) is 20.8. The molecule has 2 heterocycles. The first-order valence-corrected chi connectivity index (χ1v) is 9.54. The second-order valence-electron chi connectivity index (χ2n) is 6.83. The van der Waals surface area contributed by atoms with Crippen LogP contribution in [0.3, 0.4) is 0 Å². The molecule has 2 fully saturated rings. The molecule has 0 bridgehead atoms. The minimum Gasteiger partial charge on any atom is -1.00 e. The Hall–Kier alpha value is 0.880. The number of nitrogens with one attached hydrogen (secondary N) is 2. The fourth-order valence-corrected chi connectivity index (χ4v) is 3.46. The number of quaternary nitrogens is 2. The smallest absolute Gasteiger partial charge is 0.0770 e. The maximum absolute atomic E-state index is 2.28. The van der Waals surface area contributed by atoms with Crippen molar-refractivity contribution >= 4 is 0 Å². The molecule has 22 heavy (non-hydrogen) atoms. The summed E-state index contributed by atoms with van der Waals surface area (Å²) in [7, 11) is 0. The molecule has 0 spiro atoms. The SMILES string of the molecule is CCCC[NH+]1CCCCC1.CCCC[NH+]1CCCCC1.[Br-].[Br-]. The summed E-state index contributed by atoms with van der Waals surface area (Å²) in [5.41, 5.74) is 0. The average Bonchev–Trinajstić information content (AvgIpc) is 2.53. The molecule has 0 atom stereocenters. The summed E-state index contributed by atoms with van der Waals surface area (Å²) >= 11 is 0. The zero-order chi connectivity index (χ0) is 14.5. The molecule has 0 aliphatic carbocycles. The molecule has 2 aliphatic rings. The van der Waals surface area contributed by atoms with E-state index in [9.17, 15) is 0 Å². The predicted molar refractivity (Wildman–Crippen MR) is 88.6 cm³/mol. The van der Waals surface area contributed by atoms with Crippen molar-refractivity contribution in [3.63, 3.8) is 0 Å². The van der Waals surface area contributed by atoms with Gasteiger partial charge >= 0.3 is 0 Å². The van der Waals surface area contributed by atoms with E-state index >= 15 is 0 Å². The number of piperidine rings is 2. The van der Waals surface area contributed by atoms with E-state index in [1.807, 2.05) is 9.80 Å². The van der Waals surface area contributed by atoms with Gasteiger partial charge in [-0.2, -0.15) is 0 Å².